The lowest BCUT2D eigenvalue weighted by Gasteiger charge is -2.38. The van der Waals surface area contributed by atoms with Gasteiger partial charge in [-0.05, 0) is 50.3 Å². The van der Waals surface area contributed by atoms with Crippen molar-refractivity contribution >= 4 is 5.78 Å². The molecule has 0 saturated carbocycles. The van der Waals surface area contributed by atoms with Crippen molar-refractivity contribution in [2.75, 3.05) is 7.11 Å². The summed E-state index contributed by atoms with van der Waals surface area (Å²) in [4.78, 5) is 15.8. The molecule has 2 aromatic rings. The molecule has 3 heteroatoms. The Bertz CT molecular complexity index is 772. The van der Waals surface area contributed by atoms with Crippen LogP contribution in [0, 0.1) is 12.8 Å². The summed E-state index contributed by atoms with van der Waals surface area (Å²) in [6.45, 7) is 3.03. The number of benzene rings is 2. The predicted molar refractivity (Wildman–Crippen MR) is 104 cm³/mol. The molecule has 136 valence electrons. The lowest BCUT2D eigenvalue weighted by Crippen LogP contribution is -2.44. The molecule has 0 radical (unpaired) electrons. The maximum Gasteiger partial charge on any atom is 0.169 e. The van der Waals surface area contributed by atoms with Crippen molar-refractivity contribution in [2.24, 2.45) is 5.92 Å². The monoisotopic (exact) mass is 349 g/mol. The van der Waals surface area contributed by atoms with Crippen LogP contribution < -0.4 is 4.74 Å². The van der Waals surface area contributed by atoms with Gasteiger partial charge in [0.1, 0.15) is 5.75 Å². The number of fused-ring (bicyclic) bond motifs is 2. The molecule has 2 aliphatic rings. The van der Waals surface area contributed by atoms with Gasteiger partial charge in [-0.3, -0.25) is 9.69 Å². The highest BCUT2D eigenvalue weighted by Gasteiger charge is 2.43. The van der Waals surface area contributed by atoms with E-state index in [0.29, 0.717) is 17.8 Å². The van der Waals surface area contributed by atoms with Crippen LogP contribution in [0.2, 0.25) is 0 Å². The number of aryl methyl sites for hydroxylation is 1. The summed E-state index contributed by atoms with van der Waals surface area (Å²) in [6.07, 6.45) is 4.37. The number of carbonyl (C=O) groups is 1. The van der Waals surface area contributed by atoms with Crippen molar-refractivity contribution in [2.45, 2.75) is 51.2 Å². The molecule has 4 rings (SSSR count). The highest BCUT2D eigenvalue weighted by atomic mass is 16.5. The number of nitrogens with zero attached hydrogens (tertiary/aromatic N) is 1. The fourth-order valence-electron chi connectivity index (χ4n) is 4.77. The first-order chi connectivity index (χ1) is 12.7. The van der Waals surface area contributed by atoms with Gasteiger partial charge in [0, 0.05) is 24.5 Å². The molecule has 0 spiro atoms. The summed E-state index contributed by atoms with van der Waals surface area (Å²) in [6, 6.07) is 17.6. The second-order valence-corrected chi connectivity index (χ2v) is 7.78. The average Bonchev–Trinajstić information content (AvgIpc) is 2.90. The Morgan fingerprint density at radius 3 is 2.42 bits per heavy atom. The van der Waals surface area contributed by atoms with Crippen LogP contribution in [-0.2, 0) is 6.54 Å². The summed E-state index contributed by atoms with van der Waals surface area (Å²) >= 11 is 0. The van der Waals surface area contributed by atoms with Gasteiger partial charge < -0.3 is 4.74 Å². The molecule has 3 nitrogen and oxygen atoms in total. The smallest absolute Gasteiger partial charge is 0.169 e. The third kappa shape index (κ3) is 3.28. The number of ketones is 1. The minimum Gasteiger partial charge on any atom is -0.496 e. The Morgan fingerprint density at radius 1 is 1.08 bits per heavy atom. The van der Waals surface area contributed by atoms with Crippen LogP contribution in [0.3, 0.4) is 0 Å². The fraction of sp³-hybridized carbons (Fsp3) is 0.435. The zero-order chi connectivity index (χ0) is 18.1. The van der Waals surface area contributed by atoms with Gasteiger partial charge >= 0.3 is 0 Å². The molecule has 26 heavy (non-hydrogen) atoms. The normalized spacial score (nSPS) is 25.2. The van der Waals surface area contributed by atoms with Crippen LogP contribution in [0.5, 0.6) is 5.75 Å². The van der Waals surface area contributed by atoms with Crippen LogP contribution in [-0.4, -0.2) is 29.9 Å². The van der Waals surface area contributed by atoms with Crippen molar-refractivity contribution in [1.29, 1.82) is 0 Å². The van der Waals surface area contributed by atoms with Crippen molar-refractivity contribution < 1.29 is 9.53 Å². The molecule has 2 saturated heterocycles. The first kappa shape index (κ1) is 17.3. The summed E-state index contributed by atoms with van der Waals surface area (Å²) in [7, 11) is 1.65. The topological polar surface area (TPSA) is 29.5 Å². The van der Waals surface area contributed by atoms with Crippen LogP contribution in [0.4, 0.5) is 0 Å². The van der Waals surface area contributed by atoms with Crippen LogP contribution in [0.25, 0.3) is 0 Å². The second-order valence-electron chi connectivity index (χ2n) is 7.78. The molecule has 2 aromatic carbocycles. The number of rotatable bonds is 5. The van der Waals surface area contributed by atoms with E-state index in [-0.39, 0.29) is 11.7 Å². The van der Waals surface area contributed by atoms with Crippen molar-refractivity contribution in [3.05, 3.63) is 65.2 Å². The largest absolute Gasteiger partial charge is 0.496 e. The minimum absolute atomic E-state index is 0.121. The van der Waals surface area contributed by atoms with Gasteiger partial charge in [-0.25, -0.2) is 0 Å². The van der Waals surface area contributed by atoms with E-state index in [2.05, 4.69) is 35.2 Å². The van der Waals surface area contributed by atoms with Gasteiger partial charge in [0.25, 0.3) is 0 Å². The fourth-order valence-corrected chi connectivity index (χ4v) is 4.77. The van der Waals surface area contributed by atoms with E-state index in [1.165, 1.54) is 18.4 Å². The van der Waals surface area contributed by atoms with Gasteiger partial charge in [0.05, 0.1) is 12.7 Å². The molecule has 0 N–H and O–H groups in total. The highest BCUT2D eigenvalue weighted by molar-refractivity contribution is 6.00. The average molecular weight is 349 g/mol. The molecule has 2 bridgehead atoms. The molecule has 2 fully saturated rings. The SMILES string of the molecule is COc1ccc(C)cc1C(=O)C1CC2CCC(C1)N2Cc1ccccc1. The van der Waals surface area contributed by atoms with E-state index < -0.39 is 0 Å². The number of methoxy groups -OCH3 is 1. The van der Waals surface area contributed by atoms with E-state index in [4.69, 9.17) is 4.74 Å². The molecular weight excluding hydrogens is 322 g/mol. The van der Waals surface area contributed by atoms with Gasteiger partial charge in [-0.15, -0.1) is 0 Å². The molecular formula is C23H27NO2. The van der Waals surface area contributed by atoms with E-state index in [9.17, 15) is 4.79 Å². The van der Waals surface area contributed by atoms with Crippen LogP contribution in [0.1, 0.15) is 47.2 Å². The molecule has 0 aliphatic carbocycles. The van der Waals surface area contributed by atoms with Gasteiger partial charge in [-0.2, -0.15) is 0 Å². The molecule has 0 amide bonds. The van der Waals surface area contributed by atoms with E-state index >= 15 is 0 Å². The van der Waals surface area contributed by atoms with Crippen molar-refractivity contribution in [3.8, 4) is 5.75 Å². The van der Waals surface area contributed by atoms with Crippen LogP contribution >= 0.6 is 0 Å². The standard InChI is InChI=1S/C23H27NO2/c1-16-8-11-22(26-2)21(12-16)23(25)18-13-19-9-10-20(14-18)24(19)15-17-6-4-3-5-7-17/h3-8,11-12,18-20H,9-10,13-15H2,1-2H3. The maximum absolute atomic E-state index is 13.2. The number of Topliss-reactive ketones (excluding diaryl/α,β-unsaturated/α-hetero) is 1. The zero-order valence-electron chi connectivity index (χ0n) is 15.7. The molecule has 2 aliphatic heterocycles. The van der Waals surface area contributed by atoms with E-state index in [1.54, 1.807) is 7.11 Å². The van der Waals surface area contributed by atoms with Gasteiger partial charge in [-0.1, -0.05) is 42.0 Å². The molecule has 2 heterocycles. The molecule has 2 atom stereocenters. The molecule has 0 aromatic heterocycles. The quantitative estimate of drug-likeness (QED) is 0.737. The lowest BCUT2D eigenvalue weighted by atomic mass is 9.84. The maximum atomic E-state index is 13.2. The third-order valence-electron chi connectivity index (χ3n) is 6.08. The predicted octanol–water partition coefficient (Wildman–Crippen LogP) is 4.63. The summed E-state index contributed by atoms with van der Waals surface area (Å²) in [5, 5.41) is 0. The summed E-state index contributed by atoms with van der Waals surface area (Å²) in [5.41, 5.74) is 3.24. The number of piperidine rings is 1. The van der Waals surface area contributed by atoms with Gasteiger partial charge in [0.15, 0.2) is 5.78 Å². The first-order valence-corrected chi connectivity index (χ1v) is 9.64. The number of ether oxygens (including phenoxy) is 1. The van der Waals surface area contributed by atoms with E-state index in [0.717, 1.165) is 30.5 Å². The van der Waals surface area contributed by atoms with Crippen molar-refractivity contribution in [3.63, 3.8) is 0 Å². The Balaban J connectivity index is 1.50. The zero-order valence-corrected chi connectivity index (χ0v) is 15.7. The third-order valence-corrected chi connectivity index (χ3v) is 6.08. The van der Waals surface area contributed by atoms with Crippen LogP contribution in [0.15, 0.2) is 48.5 Å². The Kier molecular flexibility index (Phi) is 4.82. The number of carbonyl (C=O) groups excluding carboxylic acids is 1. The number of hydrogen-bond donors (Lipinski definition) is 0. The summed E-state index contributed by atoms with van der Waals surface area (Å²) in [5.74, 6) is 1.09. The Labute approximate surface area is 156 Å². The second kappa shape index (κ2) is 7.24. The number of hydrogen-bond acceptors (Lipinski definition) is 3. The van der Waals surface area contributed by atoms with Gasteiger partial charge in [0.2, 0.25) is 0 Å². The molecule has 2 unspecified atom stereocenters. The Hall–Kier alpha value is -2.13. The van der Waals surface area contributed by atoms with Crippen molar-refractivity contribution in [1.82, 2.24) is 4.90 Å². The highest BCUT2D eigenvalue weighted by Crippen LogP contribution is 2.41. The first-order valence-electron chi connectivity index (χ1n) is 9.64. The summed E-state index contributed by atoms with van der Waals surface area (Å²) < 4.78 is 5.45. The lowest BCUT2D eigenvalue weighted by molar-refractivity contribution is 0.0675. The van der Waals surface area contributed by atoms with E-state index in [1.807, 2.05) is 25.1 Å². The Morgan fingerprint density at radius 2 is 1.77 bits per heavy atom. The minimum atomic E-state index is 0.121.